The first-order valence-corrected chi connectivity index (χ1v) is 9.39. The first-order valence-electron chi connectivity index (χ1n) is 5.66. The molecule has 0 aliphatic carbocycles. The summed E-state index contributed by atoms with van der Waals surface area (Å²) in [5.74, 6) is 0.989. The number of hydrogen-bond acceptors (Lipinski definition) is 3. The summed E-state index contributed by atoms with van der Waals surface area (Å²) in [6, 6.07) is 5.61. The fourth-order valence-electron chi connectivity index (χ4n) is 1.44. The second-order valence-electron chi connectivity index (χ2n) is 3.89. The first kappa shape index (κ1) is 16.0. The fraction of sp³-hybridized carbons (Fsp3) is 0.500. The van der Waals surface area contributed by atoms with Gasteiger partial charge < -0.3 is 4.74 Å². The number of sulfone groups is 1. The quantitative estimate of drug-likeness (QED) is 0.658. The SMILES string of the molecule is CCCS(=O)(=O)CCOc1ccc(Br)c(CBr)c1. The lowest BCUT2D eigenvalue weighted by molar-refractivity contribution is 0.340. The summed E-state index contributed by atoms with van der Waals surface area (Å²) >= 11 is 6.81. The third-order valence-electron chi connectivity index (χ3n) is 2.34. The van der Waals surface area contributed by atoms with Crippen LogP contribution in [0.3, 0.4) is 0 Å². The van der Waals surface area contributed by atoms with Crippen molar-refractivity contribution in [2.24, 2.45) is 0 Å². The fourth-order valence-corrected chi connectivity index (χ4v) is 3.83. The van der Waals surface area contributed by atoms with E-state index in [9.17, 15) is 8.42 Å². The minimum absolute atomic E-state index is 0.0700. The van der Waals surface area contributed by atoms with Crippen LogP contribution in [0.2, 0.25) is 0 Å². The number of ether oxygens (including phenoxy) is 1. The van der Waals surface area contributed by atoms with Crippen molar-refractivity contribution >= 4 is 41.7 Å². The molecule has 0 saturated carbocycles. The second-order valence-corrected chi connectivity index (χ2v) is 7.61. The Hall–Kier alpha value is -0.0700. The Labute approximate surface area is 125 Å². The van der Waals surface area contributed by atoms with Crippen molar-refractivity contribution in [3.8, 4) is 5.75 Å². The number of benzene rings is 1. The van der Waals surface area contributed by atoms with Gasteiger partial charge in [-0.25, -0.2) is 8.42 Å². The minimum Gasteiger partial charge on any atom is -0.493 e. The Balaban J connectivity index is 2.54. The van der Waals surface area contributed by atoms with Gasteiger partial charge in [0.2, 0.25) is 0 Å². The van der Waals surface area contributed by atoms with Crippen molar-refractivity contribution in [1.29, 1.82) is 0 Å². The van der Waals surface area contributed by atoms with Gasteiger partial charge >= 0.3 is 0 Å². The van der Waals surface area contributed by atoms with Crippen molar-refractivity contribution in [2.45, 2.75) is 18.7 Å². The van der Waals surface area contributed by atoms with Crippen LogP contribution in [0.25, 0.3) is 0 Å². The van der Waals surface area contributed by atoms with E-state index in [0.29, 0.717) is 12.2 Å². The lowest BCUT2D eigenvalue weighted by Crippen LogP contribution is -2.16. The summed E-state index contributed by atoms with van der Waals surface area (Å²) in [7, 11) is -2.97. The Morgan fingerprint density at radius 3 is 2.61 bits per heavy atom. The van der Waals surface area contributed by atoms with E-state index >= 15 is 0 Å². The van der Waals surface area contributed by atoms with E-state index in [4.69, 9.17) is 4.74 Å². The van der Waals surface area contributed by atoms with E-state index in [1.54, 1.807) is 0 Å². The molecule has 0 fully saturated rings. The van der Waals surface area contributed by atoms with Crippen molar-refractivity contribution < 1.29 is 13.2 Å². The molecule has 1 aromatic rings. The van der Waals surface area contributed by atoms with Crippen LogP contribution in [0.5, 0.6) is 5.75 Å². The largest absolute Gasteiger partial charge is 0.493 e. The highest BCUT2D eigenvalue weighted by atomic mass is 79.9. The van der Waals surface area contributed by atoms with E-state index in [1.165, 1.54) is 0 Å². The van der Waals surface area contributed by atoms with Crippen LogP contribution < -0.4 is 4.74 Å². The van der Waals surface area contributed by atoms with Crippen LogP contribution in [0.4, 0.5) is 0 Å². The molecule has 0 bridgehead atoms. The predicted octanol–water partition coefficient (Wildman–Crippen LogP) is 3.55. The van der Waals surface area contributed by atoms with Gasteiger partial charge in [0.25, 0.3) is 0 Å². The summed E-state index contributed by atoms with van der Waals surface area (Å²) in [4.78, 5) is 0. The normalized spacial score (nSPS) is 11.5. The van der Waals surface area contributed by atoms with Crippen LogP contribution in [0.1, 0.15) is 18.9 Å². The molecule has 0 radical (unpaired) electrons. The molecule has 18 heavy (non-hydrogen) atoms. The van der Waals surface area contributed by atoms with Gasteiger partial charge in [-0.15, -0.1) is 0 Å². The van der Waals surface area contributed by atoms with Gasteiger partial charge in [-0.2, -0.15) is 0 Å². The molecular weight excluding hydrogens is 384 g/mol. The van der Waals surface area contributed by atoms with E-state index in [2.05, 4.69) is 31.9 Å². The molecule has 0 amide bonds. The van der Waals surface area contributed by atoms with Gasteiger partial charge in [0.1, 0.15) is 12.4 Å². The molecular formula is C12H16Br2O3S. The van der Waals surface area contributed by atoms with Crippen LogP contribution in [-0.4, -0.2) is 26.5 Å². The van der Waals surface area contributed by atoms with Gasteiger partial charge in [-0.1, -0.05) is 38.8 Å². The standard InChI is InChI=1S/C12H16Br2O3S/c1-2-6-18(15,16)7-5-17-11-3-4-12(14)10(8-11)9-13/h3-4,8H,2,5-7,9H2,1H3. The van der Waals surface area contributed by atoms with Crippen molar-refractivity contribution in [1.82, 2.24) is 0 Å². The highest BCUT2D eigenvalue weighted by molar-refractivity contribution is 9.10. The van der Waals surface area contributed by atoms with Gasteiger partial charge in [0, 0.05) is 9.80 Å². The molecule has 0 N–H and O–H groups in total. The third kappa shape index (κ3) is 5.28. The smallest absolute Gasteiger partial charge is 0.153 e. The van der Waals surface area contributed by atoms with Crippen molar-refractivity contribution in [3.05, 3.63) is 28.2 Å². The number of halogens is 2. The molecule has 0 aromatic heterocycles. The molecule has 0 aliphatic rings. The van der Waals surface area contributed by atoms with Gasteiger partial charge in [-0.3, -0.25) is 0 Å². The number of hydrogen-bond donors (Lipinski definition) is 0. The van der Waals surface area contributed by atoms with Crippen LogP contribution in [-0.2, 0) is 15.2 Å². The van der Waals surface area contributed by atoms with E-state index in [0.717, 1.165) is 15.4 Å². The molecule has 6 heteroatoms. The summed E-state index contributed by atoms with van der Waals surface area (Å²) < 4.78 is 29.5. The zero-order valence-corrected chi connectivity index (χ0v) is 14.1. The molecule has 0 saturated heterocycles. The lowest BCUT2D eigenvalue weighted by Gasteiger charge is -2.08. The number of alkyl halides is 1. The van der Waals surface area contributed by atoms with Gasteiger partial charge in [0.05, 0.1) is 11.5 Å². The van der Waals surface area contributed by atoms with Crippen LogP contribution in [0, 0.1) is 0 Å². The Bertz CT molecular complexity index is 486. The molecule has 0 heterocycles. The Morgan fingerprint density at radius 2 is 2.00 bits per heavy atom. The Kier molecular flexibility index (Phi) is 6.66. The molecule has 0 spiro atoms. The maximum atomic E-state index is 11.5. The maximum Gasteiger partial charge on any atom is 0.153 e. The summed E-state index contributed by atoms with van der Waals surface area (Å²) in [6.45, 7) is 2.06. The summed E-state index contributed by atoms with van der Waals surface area (Å²) in [6.07, 6.45) is 0.647. The van der Waals surface area contributed by atoms with Gasteiger partial charge in [0.15, 0.2) is 9.84 Å². The molecule has 1 rings (SSSR count). The molecule has 102 valence electrons. The highest BCUT2D eigenvalue weighted by Crippen LogP contribution is 2.24. The zero-order chi connectivity index (χ0) is 13.6. The average molecular weight is 400 g/mol. The van der Waals surface area contributed by atoms with Crippen molar-refractivity contribution in [3.63, 3.8) is 0 Å². The second kappa shape index (κ2) is 7.50. The molecule has 3 nitrogen and oxygen atoms in total. The topological polar surface area (TPSA) is 43.4 Å². The summed E-state index contributed by atoms with van der Waals surface area (Å²) in [5, 5.41) is 0.721. The molecule has 1 aromatic carbocycles. The van der Waals surface area contributed by atoms with Crippen LogP contribution >= 0.6 is 31.9 Å². The van der Waals surface area contributed by atoms with Crippen molar-refractivity contribution in [2.75, 3.05) is 18.1 Å². The minimum atomic E-state index is -2.97. The van der Waals surface area contributed by atoms with E-state index in [-0.39, 0.29) is 18.1 Å². The number of rotatable bonds is 7. The third-order valence-corrected chi connectivity index (χ3v) is 5.54. The molecule has 0 aliphatic heterocycles. The predicted molar refractivity (Wildman–Crippen MR) is 81.2 cm³/mol. The monoisotopic (exact) mass is 398 g/mol. The Morgan fingerprint density at radius 1 is 1.28 bits per heavy atom. The first-order chi connectivity index (χ1) is 8.48. The highest BCUT2D eigenvalue weighted by Gasteiger charge is 2.09. The maximum absolute atomic E-state index is 11.5. The van der Waals surface area contributed by atoms with Gasteiger partial charge in [-0.05, 0) is 30.2 Å². The zero-order valence-electron chi connectivity index (χ0n) is 10.2. The average Bonchev–Trinajstić information content (AvgIpc) is 2.31. The molecule has 0 atom stereocenters. The van der Waals surface area contributed by atoms with E-state index in [1.807, 2.05) is 25.1 Å². The molecule has 0 unspecified atom stereocenters. The summed E-state index contributed by atoms with van der Waals surface area (Å²) in [5.41, 5.74) is 1.07. The van der Waals surface area contributed by atoms with E-state index < -0.39 is 9.84 Å². The lowest BCUT2D eigenvalue weighted by atomic mass is 10.2. The van der Waals surface area contributed by atoms with Crippen LogP contribution in [0.15, 0.2) is 22.7 Å².